The second kappa shape index (κ2) is 5.96. The molecule has 3 nitrogen and oxygen atoms in total. The van der Waals surface area contributed by atoms with E-state index in [1.807, 2.05) is 36.0 Å². The lowest BCUT2D eigenvalue weighted by Gasteiger charge is -2.23. The molecule has 1 aromatic rings. The van der Waals surface area contributed by atoms with Crippen molar-refractivity contribution in [1.82, 2.24) is 5.32 Å². The Kier molecular flexibility index (Phi) is 4.31. The Labute approximate surface area is 106 Å². The first kappa shape index (κ1) is 12.3. The highest BCUT2D eigenvalue weighted by Crippen LogP contribution is 2.21. The van der Waals surface area contributed by atoms with Gasteiger partial charge in [0.25, 0.3) is 5.91 Å². The van der Waals surface area contributed by atoms with E-state index in [9.17, 15) is 4.79 Å². The van der Waals surface area contributed by atoms with Crippen molar-refractivity contribution in [1.29, 1.82) is 0 Å². The number of anilines is 1. The van der Waals surface area contributed by atoms with Crippen molar-refractivity contribution in [3.05, 3.63) is 29.8 Å². The Bertz CT molecular complexity index is 372. The number of hydrogen-bond acceptors (Lipinski definition) is 3. The molecule has 1 aliphatic rings. The molecule has 1 aliphatic heterocycles. The monoisotopic (exact) mass is 250 g/mol. The number of thioether (sulfide) groups is 1. The van der Waals surface area contributed by atoms with Crippen LogP contribution < -0.4 is 10.6 Å². The molecule has 0 aromatic heterocycles. The number of nitrogens with one attached hydrogen (secondary N) is 2. The summed E-state index contributed by atoms with van der Waals surface area (Å²) in [6.45, 7) is 0. The van der Waals surface area contributed by atoms with Gasteiger partial charge in [0.05, 0.1) is 0 Å². The van der Waals surface area contributed by atoms with Crippen LogP contribution in [0.4, 0.5) is 5.69 Å². The number of carbonyl (C=O) groups is 1. The van der Waals surface area contributed by atoms with E-state index in [1.165, 1.54) is 24.3 Å². The molecule has 0 atom stereocenters. The predicted octanol–water partition coefficient (Wildman–Crippen LogP) is 2.35. The summed E-state index contributed by atoms with van der Waals surface area (Å²) in [7, 11) is 1.65. The molecule has 2 N–H and O–H groups in total. The van der Waals surface area contributed by atoms with Crippen LogP contribution in [0.1, 0.15) is 23.2 Å². The van der Waals surface area contributed by atoms with Crippen molar-refractivity contribution in [3.8, 4) is 0 Å². The maximum Gasteiger partial charge on any atom is 0.251 e. The van der Waals surface area contributed by atoms with Gasteiger partial charge in [-0.05, 0) is 48.6 Å². The molecule has 1 heterocycles. The van der Waals surface area contributed by atoms with E-state index >= 15 is 0 Å². The van der Waals surface area contributed by atoms with E-state index in [4.69, 9.17) is 0 Å². The number of rotatable bonds is 3. The van der Waals surface area contributed by atoms with Gasteiger partial charge in [0.1, 0.15) is 0 Å². The van der Waals surface area contributed by atoms with Crippen molar-refractivity contribution < 1.29 is 4.79 Å². The molecular weight excluding hydrogens is 232 g/mol. The van der Waals surface area contributed by atoms with Gasteiger partial charge in [-0.25, -0.2) is 0 Å². The van der Waals surface area contributed by atoms with Crippen LogP contribution in [0.25, 0.3) is 0 Å². The SMILES string of the molecule is CNC(=O)c1ccc(NC2CCSCC2)cc1. The van der Waals surface area contributed by atoms with Gasteiger partial charge in [-0.3, -0.25) is 4.79 Å². The molecule has 0 aliphatic carbocycles. The first-order valence-corrected chi connectivity index (χ1v) is 7.11. The normalized spacial score (nSPS) is 16.5. The molecular formula is C13H18N2OS. The summed E-state index contributed by atoms with van der Waals surface area (Å²) in [4.78, 5) is 11.4. The molecule has 0 spiro atoms. The van der Waals surface area contributed by atoms with E-state index in [0.29, 0.717) is 11.6 Å². The largest absolute Gasteiger partial charge is 0.382 e. The summed E-state index contributed by atoms with van der Waals surface area (Å²) in [6, 6.07) is 8.26. The maximum atomic E-state index is 11.4. The molecule has 2 rings (SSSR count). The summed E-state index contributed by atoms with van der Waals surface area (Å²) in [5, 5.41) is 6.14. The Balaban J connectivity index is 1.95. The van der Waals surface area contributed by atoms with Crippen LogP contribution in [-0.2, 0) is 0 Å². The van der Waals surface area contributed by atoms with Crippen molar-refractivity contribution in [3.63, 3.8) is 0 Å². The summed E-state index contributed by atoms with van der Waals surface area (Å²) in [5.74, 6) is 2.45. The van der Waals surface area contributed by atoms with Gasteiger partial charge in [0.2, 0.25) is 0 Å². The maximum absolute atomic E-state index is 11.4. The topological polar surface area (TPSA) is 41.1 Å². The summed E-state index contributed by atoms with van der Waals surface area (Å²) >= 11 is 2.03. The molecule has 1 amide bonds. The Hall–Kier alpha value is -1.16. The molecule has 0 unspecified atom stereocenters. The zero-order chi connectivity index (χ0) is 12.1. The van der Waals surface area contributed by atoms with Crippen LogP contribution in [-0.4, -0.2) is 30.5 Å². The smallest absolute Gasteiger partial charge is 0.251 e. The van der Waals surface area contributed by atoms with Crippen LogP contribution in [0.5, 0.6) is 0 Å². The molecule has 1 saturated heterocycles. The van der Waals surface area contributed by atoms with Crippen molar-refractivity contribution in [2.75, 3.05) is 23.9 Å². The van der Waals surface area contributed by atoms with Gasteiger partial charge in [-0.1, -0.05) is 0 Å². The first-order chi connectivity index (χ1) is 8.29. The van der Waals surface area contributed by atoms with Crippen LogP contribution in [0.3, 0.4) is 0 Å². The highest BCUT2D eigenvalue weighted by Gasteiger charge is 2.13. The summed E-state index contributed by atoms with van der Waals surface area (Å²) in [6.07, 6.45) is 2.45. The third kappa shape index (κ3) is 3.40. The summed E-state index contributed by atoms with van der Waals surface area (Å²) in [5.41, 5.74) is 1.81. The number of hydrogen-bond donors (Lipinski definition) is 2. The minimum absolute atomic E-state index is 0.0365. The molecule has 1 aromatic carbocycles. The van der Waals surface area contributed by atoms with E-state index in [1.54, 1.807) is 7.05 Å². The minimum Gasteiger partial charge on any atom is -0.382 e. The first-order valence-electron chi connectivity index (χ1n) is 5.96. The standard InChI is InChI=1S/C13H18N2OS/c1-14-13(16)10-2-4-11(5-3-10)15-12-6-8-17-9-7-12/h2-5,12,15H,6-9H2,1H3,(H,14,16). The van der Waals surface area contributed by atoms with E-state index in [0.717, 1.165) is 5.69 Å². The molecule has 0 radical (unpaired) electrons. The third-order valence-electron chi connectivity index (χ3n) is 2.97. The quantitative estimate of drug-likeness (QED) is 0.865. The fourth-order valence-corrected chi connectivity index (χ4v) is 3.05. The zero-order valence-electron chi connectivity index (χ0n) is 10.0. The summed E-state index contributed by atoms with van der Waals surface area (Å²) < 4.78 is 0. The molecule has 0 bridgehead atoms. The van der Waals surface area contributed by atoms with E-state index < -0.39 is 0 Å². The second-order valence-electron chi connectivity index (χ2n) is 4.19. The van der Waals surface area contributed by atoms with Crippen molar-refractivity contribution in [2.45, 2.75) is 18.9 Å². The molecule has 1 fully saturated rings. The fourth-order valence-electron chi connectivity index (χ4n) is 1.94. The number of amides is 1. The number of benzene rings is 1. The van der Waals surface area contributed by atoms with Gasteiger partial charge >= 0.3 is 0 Å². The lowest BCUT2D eigenvalue weighted by Crippen LogP contribution is -2.24. The average molecular weight is 250 g/mol. The van der Waals surface area contributed by atoms with Crippen LogP contribution in [0.2, 0.25) is 0 Å². The molecule has 4 heteroatoms. The Morgan fingerprint density at radius 3 is 2.47 bits per heavy atom. The van der Waals surface area contributed by atoms with Crippen molar-refractivity contribution >= 4 is 23.4 Å². The van der Waals surface area contributed by atoms with Gasteiger partial charge in [-0.15, -0.1) is 0 Å². The van der Waals surface area contributed by atoms with E-state index in [-0.39, 0.29) is 5.91 Å². The Morgan fingerprint density at radius 1 is 1.24 bits per heavy atom. The van der Waals surface area contributed by atoms with E-state index in [2.05, 4.69) is 10.6 Å². The lowest BCUT2D eigenvalue weighted by molar-refractivity contribution is 0.0963. The van der Waals surface area contributed by atoms with Crippen LogP contribution >= 0.6 is 11.8 Å². The van der Waals surface area contributed by atoms with Gasteiger partial charge < -0.3 is 10.6 Å². The molecule has 0 saturated carbocycles. The van der Waals surface area contributed by atoms with Crippen LogP contribution in [0, 0.1) is 0 Å². The molecule has 17 heavy (non-hydrogen) atoms. The van der Waals surface area contributed by atoms with Crippen molar-refractivity contribution in [2.24, 2.45) is 0 Å². The minimum atomic E-state index is -0.0365. The number of carbonyl (C=O) groups excluding carboxylic acids is 1. The Morgan fingerprint density at radius 2 is 1.88 bits per heavy atom. The average Bonchev–Trinajstić information content (AvgIpc) is 2.40. The van der Waals surface area contributed by atoms with Gasteiger partial charge in [0, 0.05) is 24.3 Å². The second-order valence-corrected chi connectivity index (χ2v) is 5.41. The fraction of sp³-hybridized carbons (Fsp3) is 0.462. The third-order valence-corrected chi connectivity index (χ3v) is 4.01. The predicted molar refractivity (Wildman–Crippen MR) is 73.8 cm³/mol. The van der Waals surface area contributed by atoms with Gasteiger partial charge in [0.15, 0.2) is 0 Å². The van der Waals surface area contributed by atoms with Gasteiger partial charge in [-0.2, -0.15) is 11.8 Å². The zero-order valence-corrected chi connectivity index (χ0v) is 10.8. The lowest BCUT2D eigenvalue weighted by atomic mass is 10.1. The van der Waals surface area contributed by atoms with Crippen LogP contribution in [0.15, 0.2) is 24.3 Å². The molecule has 92 valence electrons. The highest BCUT2D eigenvalue weighted by atomic mass is 32.2. The highest BCUT2D eigenvalue weighted by molar-refractivity contribution is 7.99.